The van der Waals surface area contributed by atoms with Crippen LogP contribution in [0.3, 0.4) is 0 Å². The van der Waals surface area contributed by atoms with Gasteiger partial charge >= 0.3 is 0 Å². The van der Waals surface area contributed by atoms with Crippen molar-refractivity contribution in [3.63, 3.8) is 0 Å². The van der Waals surface area contributed by atoms with Gasteiger partial charge in [-0.3, -0.25) is 14.9 Å². The summed E-state index contributed by atoms with van der Waals surface area (Å²) in [6, 6.07) is 16.9. The summed E-state index contributed by atoms with van der Waals surface area (Å²) < 4.78 is 5.55. The van der Waals surface area contributed by atoms with Crippen LogP contribution in [0.1, 0.15) is 16.7 Å². The summed E-state index contributed by atoms with van der Waals surface area (Å²) in [5.41, 5.74) is 3.12. The number of aromatic nitrogens is 1. The average Bonchev–Trinajstić information content (AvgIpc) is 2.72. The summed E-state index contributed by atoms with van der Waals surface area (Å²) in [5, 5.41) is 22.8. The zero-order valence-corrected chi connectivity index (χ0v) is 16.8. The van der Waals surface area contributed by atoms with Crippen molar-refractivity contribution < 1.29 is 14.5 Å². The van der Waals surface area contributed by atoms with Gasteiger partial charge in [-0.1, -0.05) is 18.2 Å². The molecule has 31 heavy (non-hydrogen) atoms. The molecule has 0 aliphatic carbocycles. The van der Waals surface area contributed by atoms with Gasteiger partial charge in [-0.05, 0) is 60.9 Å². The van der Waals surface area contributed by atoms with E-state index in [1.807, 2.05) is 38.1 Å². The number of amides is 1. The Morgan fingerprint density at radius 3 is 2.35 bits per heavy atom. The lowest BCUT2D eigenvalue weighted by molar-refractivity contribution is -0.385. The number of nitrogens with one attached hydrogen (secondary N) is 1. The molecular weight excluding hydrogens is 396 g/mol. The molecule has 2 aromatic carbocycles. The number of anilines is 1. The first-order valence-electron chi connectivity index (χ1n) is 9.24. The average molecular weight is 414 g/mol. The predicted octanol–water partition coefficient (Wildman–Crippen LogP) is 4.94. The molecular formula is C23H18N4O4. The van der Waals surface area contributed by atoms with Gasteiger partial charge in [0.05, 0.1) is 4.92 Å². The van der Waals surface area contributed by atoms with Crippen LogP contribution in [0, 0.1) is 35.3 Å². The molecule has 3 rings (SSSR count). The molecule has 1 amide bonds. The number of benzene rings is 2. The van der Waals surface area contributed by atoms with Crippen molar-refractivity contribution in [3.8, 4) is 17.7 Å². The fourth-order valence-corrected chi connectivity index (χ4v) is 2.85. The molecule has 0 radical (unpaired) electrons. The van der Waals surface area contributed by atoms with Crippen molar-refractivity contribution in [1.82, 2.24) is 4.98 Å². The Labute approximate surface area is 178 Å². The maximum absolute atomic E-state index is 12.5. The van der Waals surface area contributed by atoms with Crippen molar-refractivity contribution in [1.29, 1.82) is 5.26 Å². The molecule has 1 heterocycles. The van der Waals surface area contributed by atoms with Crippen LogP contribution in [0.2, 0.25) is 0 Å². The van der Waals surface area contributed by atoms with Gasteiger partial charge < -0.3 is 10.1 Å². The first-order valence-corrected chi connectivity index (χ1v) is 9.24. The minimum absolute atomic E-state index is 0.0372. The number of hydrogen-bond donors (Lipinski definition) is 1. The molecule has 0 atom stereocenters. The van der Waals surface area contributed by atoms with Crippen LogP contribution in [0.4, 0.5) is 11.4 Å². The van der Waals surface area contributed by atoms with Crippen molar-refractivity contribution in [2.24, 2.45) is 0 Å². The Morgan fingerprint density at radius 2 is 1.81 bits per heavy atom. The Morgan fingerprint density at radius 1 is 1.13 bits per heavy atom. The van der Waals surface area contributed by atoms with Gasteiger partial charge in [-0.25, -0.2) is 4.98 Å². The highest BCUT2D eigenvalue weighted by atomic mass is 16.6. The molecule has 0 bridgehead atoms. The molecule has 1 aromatic heterocycles. The van der Waals surface area contributed by atoms with Gasteiger partial charge in [0.2, 0.25) is 5.88 Å². The number of aryl methyl sites for hydroxylation is 2. The van der Waals surface area contributed by atoms with E-state index in [-0.39, 0.29) is 17.1 Å². The zero-order valence-electron chi connectivity index (χ0n) is 16.8. The summed E-state index contributed by atoms with van der Waals surface area (Å²) in [6.45, 7) is 3.86. The number of hydrogen-bond acceptors (Lipinski definition) is 6. The summed E-state index contributed by atoms with van der Waals surface area (Å²) in [7, 11) is 0. The molecule has 8 nitrogen and oxygen atoms in total. The monoisotopic (exact) mass is 414 g/mol. The molecule has 3 aromatic rings. The second-order valence-corrected chi connectivity index (χ2v) is 6.78. The fourth-order valence-electron chi connectivity index (χ4n) is 2.85. The summed E-state index contributed by atoms with van der Waals surface area (Å²) in [6.07, 6.45) is 2.59. The molecule has 0 spiro atoms. The minimum atomic E-state index is -0.541. The third-order valence-corrected chi connectivity index (χ3v) is 4.19. The smallest absolute Gasteiger partial charge is 0.287 e. The minimum Gasteiger partial charge on any atom is -0.439 e. The first kappa shape index (κ1) is 21.2. The lowest BCUT2D eigenvalue weighted by Gasteiger charge is -2.07. The zero-order chi connectivity index (χ0) is 22.4. The molecule has 0 saturated carbocycles. The summed E-state index contributed by atoms with van der Waals surface area (Å²) in [5.74, 6) is 0.166. The van der Waals surface area contributed by atoms with E-state index in [1.165, 1.54) is 18.2 Å². The molecule has 8 heteroatoms. The quantitative estimate of drug-likeness (QED) is 0.264. The van der Waals surface area contributed by atoms with E-state index in [2.05, 4.69) is 10.3 Å². The lowest BCUT2D eigenvalue weighted by Crippen LogP contribution is -2.13. The maximum Gasteiger partial charge on any atom is 0.287 e. The van der Waals surface area contributed by atoms with E-state index in [1.54, 1.807) is 24.3 Å². The van der Waals surface area contributed by atoms with Crippen LogP contribution < -0.4 is 10.1 Å². The Kier molecular flexibility index (Phi) is 6.38. The number of carbonyl (C=O) groups is 1. The first-order chi connectivity index (χ1) is 14.8. The second kappa shape index (κ2) is 9.33. The van der Waals surface area contributed by atoms with E-state index in [9.17, 15) is 20.2 Å². The highest BCUT2D eigenvalue weighted by molar-refractivity contribution is 6.09. The topological polar surface area (TPSA) is 118 Å². The Hall–Kier alpha value is -4.51. The molecule has 0 unspecified atom stereocenters. The molecule has 0 saturated heterocycles. The molecule has 0 aliphatic heterocycles. The number of ether oxygens (including phenoxy) is 1. The van der Waals surface area contributed by atoms with Gasteiger partial charge in [-0.15, -0.1) is 0 Å². The SMILES string of the molecule is Cc1cc(C)cc(NC(=O)/C(C#N)=C\c2ccc(Oc3ccc([N+](=O)[O-])cn3)cc2)c1. The van der Waals surface area contributed by atoms with Crippen LogP contribution in [0.15, 0.2) is 66.4 Å². The van der Waals surface area contributed by atoms with Crippen molar-refractivity contribution in [2.75, 3.05) is 5.32 Å². The number of carbonyl (C=O) groups excluding carboxylic acids is 1. The summed E-state index contributed by atoms with van der Waals surface area (Å²) in [4.78, 5) is 26.5. The van der Waals surface area contributed by atoms with Gasteiger partial charge in [0.15, 0.2) is 0 Å². The number of pyridine rings is 1. The standard InChI is InChI=1S/C23H18N4O4/c1-15-9-16(2)11-19(10-15)26-23(28)18(13-24)12-17-3-6-21(7-4-17)31-22-8-5-20(14-25-22)27(29)30/h3-12,14H,1-2H3,(H,26,28)/b18-12-. The van der Waals surface area contributed by atoms with Crippen molar-refractivity contribution in [3.05, 3.63) is 93.2 Å². The highest BCUT2D eigenvalue weighted by Crippen LogP contribution is 2.22. The molecule has 1 N–H and O–H groups in total. The number of rotatable bonds is 6. The third-order valence-electron chi connectivity index (χ3n) is 4.19. The molecule has 154 valence electrons. The van der Waals surface area contributed by atoms with E-state index in [0.717, 1.165) is 17.3 Å². The number of nitriles is 1. The molecule has 0 aliphatic rings. The van der Waals surface area contributed by atoms with Crippen LogP contribution >= 0.6 is 0 Å². The Bertz CT molecular complexity index is 1170. The van der Waals surface area contributed by atoms with Gasteiger partial charge in [0.25, 0.3) is 11.6 Å². The van der Waals surface area contributed by atoms with E-state index in [4.69, 9.17) is 4.74 Å². The Balaban J connectivity index is 1.70. The van der Waals surface area contributed by atoms with E-state index < -0.39 is 10.8 Å². The summed E-state index contributed by atoms with van der Waals surface area (Å²) >= 11 is 0. The fraction of sp³-hybridized carbons (Fsp3) is 0.0870. The van der Waals surface area contributed by atoms with Gasteiger partial charge in [0, 0.05) is 17.8 Å². The van der Waals surface area contributed by atoms with Gasteiger partial charge in [0.1, 0.15) is 23.6 Å². The van der Waals surface area contributed by atoms with Crippen molar-refractivity contribution in [2.45, 2.75) is 13.8 Å². The third kappa shape index (κ3) is 5.74. The normalized spacial score (nSPS) is 10.8. The molecule has 0 fully saturated rings. The number of nitrogens with zero attached hydrogens (tertiary/aromatic N) is 3. The van der Waals surface area contributed by atoms with Crippen LogP contribution in [0.25, 0.3) is 6.08 Å². The van der Waals surface area contributed by atoms with Crippen LogP contribution in [-0.4, -0.2) is 15.8 Å². The van der Waals surface area contributed by atoms with Gasteiger partial charge in [-0.2, -0.15) is 5.26 Å². The second-order valence-electron chi connectivity index (χ2n) is 6.78. The van der Waals surface area contributed by atoms with Crippen LogP contribution in [0.5, 0.6) is 11.6 Å². The maximum atomic E-state index is 12.5. The lowest BCUT2D eigenvalue weighted by atomic mass is 10.1. The van der Waals surface area contributed by atoms with E-state index >= 15 is 0 Å². The largest absolute Gasteiger partial charge is 0.439 e. The van der Waals surface area contributed by atoms with E-state index in [0.29, 0.717) is 17.0 Å². The van der Waals surface area contributed by atoms with Crippen LogP contribution in [-0.2, 0) is 4.79 Å². The van der Waals surface area contributed by atoms with Crippen molar-refractivity contribution >= 4 is 23.4 Å². The highest BCUT2D eigenvalue weighted by Gasteiger charge is 2.11. The predicted molar refractivity (Wildman–Crippen MR) is 116 cm³/mol. The number of nitro groups is 1.